The summed E-state index contributed by atoms with van der Waals surface area (Å²) >= 11 is 2.88. The summed E-state index contributed by atoms with van der Waals surface area (Å²) in [6.07, 6.45) is -5.14. The Morgan fingerprint density at radius 2 is 1.95 bits per heavy atom. The molecule has 0 atom stereocenters. The van der Waals surface area contributed by atoms with Crippen molar-refractivity contribution in [2.75, 3.05) is 12.4 Å². The van der Waals surface area contributed by atoms with Crippen molar-refractivity contribution in [3.63, 3.8) is 0 Å². The van der Waals surface area contributed by atoms with Crippen molar-refractivity contribution in [1.29, 1.82) is 0 Å². The molecule has 1 aromatic carbocycles. The molecule has 2 N–H and O–H groups in total. The summed E-state index contributed by atoms with van der Waals surface area (Å²) < 4.78 is 41.3. The largest absolute Gasteiger partial charge is 0.495 e. The highest BCUT2D eigenvalue weighted by molar-refractivity contribution is 9.10. The molecule has 5 nitrogen and oxygen atoms in total. The van der Waals surface area contributed by atoms with Gasteiger partial charge in [0, 0.05) is 4.47 Å². The quantitative estimate of drug-likeness (QED) is 0.886. The van der Waals surface area contributed by atoms with Gasteiger partial charge in [0.05, 0.1) is 12.8 Å². The van der Waals surface area contributed by atoms with E-state index in [1.54, 1.807) is 0 Å². The van der Waals surface area contributed by atoms with E-state index in [1.165, 1.54) is 17.4 Å². The molecule has 0 bridgehead atoms. The van der Waals surface area contributed by atoms with Crippen LogP contribution in [0.2, 0.25) is 0 Å². The van der Waals surface area contributed by atoms with Crippen LogP contribution in [0, 0.1) is 0 Å². The minimum atomic E-state index is -5.14. The number of halogens is 4. The molecule has 0 aliphatic carbocycles. The molecule has 1 aromatic rings. The van der Waals surface area contributed by atoms with Gasteiger partial charge in [-0.3, -0.25) is 4.79 Å². The van der Waals surface area contributed by atoms with Crippen LogP contribution in [0.3, 0.4) is 0 Å². The molecule has 0 unspecified atom stereocenters. The molecule has 0 saturated carbocycles. The van der Waals surface area contributed by atoms with Gasteiger partial charge in [-0.1, -0.05) is 0 Å². The Kier molecular flexibility index (Phi) is 4.40. The van der Waals surface area contributed by atoms with Gasteiger partial charge in [-0.05, 0) is 28.1 Å². The Balaban J connectivity index is 3.35. The third kappa shape index (κ3) is 3.37. The lowest BCUT2D eigenvalue weighted by atomic mass is 10.1. The standard InChI is InChI=1S/C10H7BrF3NO4/c1-19-5-3-2-4(11)6(8(16)17)7(5)15-9(18)10(12,13)14/h2-3H,1H3,(H,15,18)(H,16,17). The maximum absolute atomic E-state index is 12.2. The molecule has 0 spiro atoms. The Morgan fingerprint density at radius 3 is 2.37 bits per heavy atom. The number of benzene rings is 1. The summed E-state index contributed by atoms with van der Waals surface area (Å²) in [5.41, 5.74) is -1.09. The molecule has 0 aromatic heterocycles. The summed E-state index contributed by atoms with van der Waals surface area (Å²) in [7, 11) is 1.14. The zero-order valence-corrected chi connectivity index (χ0v) is 10.9. The first-order valence-corrected chi connectivity index (χ1v) is 5.45. The van der Waals surface area contributed by atoms with Crippen LogP contribution in [0.15, 0.2) is 16.6 Å². The highest BCUT2D eigenvalue weighted by Gasteiger charge is 2.40. The van der Waals surface area contributed by atoms with Crippen LogP contribution < -0.4 is 10.1 Å². The van der Waals surface area contributed by atoms with Gasteiger partial charge < -0.3 is 15.2 Å². The number of carbonyl (C=O) groups is 2. The van der Waals surface area contributed by atoms with Gasteiger partial charge in [0.25, 0.3) is 0 Å². The number of hydrogen-bond donors (Lipinski definition) is 2. The van der Waals surface area contributed by atoms with Crippen LogP contribution in [0.5, 0.6) is 5.75 Å². The van der Waals surface area contributed by atoms with Crippen LogP contribution in [0.1, 0.15) is 10.4 Å². The molecule has 0 radical (unpaired) electrons. The van der Waals surface area contributed by atoms with E-state index in [0.717, 1.165) is 7.11 Å². The number of carboxylic acids is 1. The highest BCUT2D eigenvalue weighted by atomic mass is 79.9. The number of alkyl halides is 3. The number of nitrogens with one attached hydrogen (secondary N) is 1. The number of aromatic carboxylic acids is 1. The molecule has 1 rings (SSSR count). The van der Waals surface area contributed by atoms with Gasteiger partial charge >= 0.3 is 18.1 Å². The molecule has 0 fully saturated rings. The number of hydrogen-bond acceptors (Lipinski definition) is 3. The lowest BCUT2D eigenvalue weighted by molar-refractivity contribution is -0.167. The number of methoxy groups -OCH3 is 1. The third-order valence-corrected chi connectivity index (χ3v) is 2.71. The second-order valence-electron chi connectivity index (χ2n) is 3.26. The Hall–Kier alpha value is -1.77. The number of rotatable bonds is 3. The monoisotopic (exact) mass is 341 g/mol. The highest BCUT2D eigenvalue weighted by Crippen LogP contribution is 2.35. The van der Waals surface area contributed by atoms with Gasteiger partial charge in [-0.2, -0.15) is 13.2 Å². The first-order chi connectivity index (χ1) is 8.68. The van der Waals surface area contributed by atoms with Gasteiger partial charge in [0.2, 0.25) is 0 Å². The molecule has 0 saturated heterocycles. The zero-order valence-electron chi connectivity index (χ0n) is 9.34. The zero-order chi connectivity index (χ0) is 14.8. The summed E-state index contributed by atoms with van der Waals surface area (Å²) in [5, 5.41) is 10.5. The van der Waals surface area contributed by atoms with Crippen LogP contribution in [0.4, 0.5) is 18.9 Å². The minimum Gasteiger partial charge on any atom is -0.495 e. The SMILES string of the molecule is COc1ccc(Br)c(C(=O)O)c1NC(=O)C(F)(F)F. The van der Waals surface area contributed by atoms with Gasteiger partial charge in [0.15, 0.2) is 0 Å². The van der Waals surface area contributed by atoms with Crippen LogP contribution >= 0.6 is 15.9 Å². The average Bonchev–Trinajstić information content (AvgIpc) is 2.27. The van der Waals surface area contributed by atoms with Crippen molar-refractivity contribution < 1.29 is 32.6 Å². The number of anilines is 1. The summed E-state index contributed by atoms with van der Waals surface area (Å²) in [5.74, 6) is -3.99. The second-order valence-corrected chi connectivity index (χ2v) is 4.11. The van der Waals surface area contributed by atoms with Crippen LogP contribution in [-0.4, -0.2) is 30.3 Å². The fraction of sp³-hybridized carbons (Fsp3) is 0.200. The van der Waals surface area contributed by atoms with Crippen LogP contribution in [-0.2, 0) is 4.79 Å². The first kappa shape index (κ1) is 15.3. The number of carbonyl (C=O) groups excluding carboxylic acids is 1. The van der Waals surface area contributed by atoms with Crippen molar-refractivity contribution >= 4 is 33.5 Å². The summed E-state index contributed by atoms with van der Waals surface area (Å²) in [6.45, 7) is 0. The molecular formula is C10H7BrF3NO4. The van der Waals surface area contributed by atoms with E-state index < -0.39 is 29.3 Å². The lowest BCUT2D eigenvalue weighted by Crippen LogP contribution is -2.30. The first-order valence-electron chi connectivity index (χ1n) is 4.66. The fourth-order valence-corrected chi connectivity index (χ4v) is 1.75. The van der Waals surface area contributed by atoms with Crippen molar-refractivity contribution in [2.45, 2.75) is 6.18 Å². The van der Waals surface area contributed by atoms with E-state index in [0.29, 0.717) is 0 Å². The van der Waals surface area contributed by atoms with E-state index in [-0.39, 0.29) is 10.2 Å². The topological polar surface area (TPSA) is 75.6 Å². The van der Waals surface area contributed by atoms with Gasteiger partial charge in [-0.15, -0.1) is 0 Å². The van der Waals surface area contributed by atoms with Crippen molar-refractivity contribution in [2.24, 2.45) is 0 Å². The average molecular weight is 342 g/mol. The predicted octanol–water partition coefficient (Wildman–Crippen LogP) is 2.66. The number of carboxylic acid groups (broad SMARTS) is 1. The number of amides is 1. The normalized spacial score (nSPS) is 11.0. The summed E-state index contributed by atoms with van der Waals surface area (Å²) in [6, 6.07) is 2.51. The lowest BCUT2D eigenvalue weighted by Gasteiger charge is -2.15. The molecule has 0 aliphatic rings. The van der Waals surface area contributed by atoms with Crippen molar-refractivity contribution in [1.82, 2.24) is 0 Å². The minimum absolute atomic E-state index is 0.0123. The maximum Gasteiger partial charge on any atom is 0.471 e. The molecule has 0 heterocycles. The molecule has 0 aliphatic heterocycles. The summed E-state index contributed by atoms with van der Waals surface area (Å²) in [4.78, 5) is 21.9. The van der Waals surface area contributed by atoms with Gasteiger partial charge in [-0.25, -0.2) is 4.79 Å². The predicted molar refractivity (Wildman–Crippen MR) is 62.3 cm³/mol. The smallest absolute Gasteiger partial charge is 0.471 e. The van der Waals surface area contributed by atoms with Gasteiger partial charge in [0.1, 0.15) is 11.3 Å². The number of ether oxygens (including phenoxy) is 1. The molecule has 1 amide bonds. The molecular weight excluding hydrogens is 335 g/mol. The van der Waals surface area contributed by atoms with Crippen molar-refractivity contribution in [3.05, 3.63) is 22.2 Å². The van der Waals surface area contributed by atoms with E-state index in [4.69, 9.17) is 9.84 Å². The third-order valence-electron chi connectivity index (χ3n) is 2.05. The molecule has 9 heteroatoms. The van der Waals surface area contributed by atoms with E-state index in [1.807, 2.05) is 0 Å². The second kappa shape index (κ2) is 5.47. The van der Waals surface area contributed by atoms with E-state index in [9.17, 15) is 22.8 Å². The Morgan fingerprint density at radius 1 is 1.37 bits per heavy atom. The van der Waals surface area contributed by atoms with Crippen molar-refractivity contribution in [3.8, 4) is 5.75 Å². The molecule has 104 valence electrons. The maximum atomic E-state index is 12.2. The Labute approximate surface area is 113 Å². The fourth-order valence-electron chi connectivity index (χ4n) is 1.25. The molecule has 19 heavy (non-hydrogen) atoms. The van der Waals surface area contributed by atoms with E-state index >= 15 is 0 Å². The Bertz CT molecular complexity index is 530. The van der Waals surface area contributed by atoms with E-state index in [2.05, 4.69) is 15.9 Å². The van der Waals surface area contributed by atoms with Crippen LogP contribution in [0.25, 0.3) is 0 Å².